The maximum atomic E-state index is 10.4. The summed E-state index contributed by atoms with van der Waals surface area (Å²) in [4.78, 5) is 0. The molecule has 0 saturated carbocycles. The quantitative estimate of drug-likeness (QED) is 0.480. The van der Waals surface area contributed by atoms with E-state index in [1.54, 1.807) is 0 Å². The average Bonchev–Trinajstić information content (AvgIpc) is 2.47. The number of aryl methyl sites for hydroxylation is 1. The number of anilines is 3. The Labute approximate surface area is 117 Å². The van der Waals surface area contributed by atoms with E-state index in [0.29, 0.717) is 11.4 Å². The van der Waals surface area contributed by atoms with Crippen LogP contribution in [0.1, 0.15) is 5.56 Å². The predicted octanol–water partition coefficient (Wildman–Crippen LogP) is 4.18. The van der Waals surface area contributed by atoms with Crippen LogP contribution in [-0.4, -0.2) is 5.11 Å². The van der Waals surface area contributed by atoms with Gasteiger partial charge in [0, 0.05) is 5.39 Å². The monoisotopic (exact) mass is 264 g/mol. The number of nitrogens with two attached hydrogens (primary N) is 1. The summed E-state index contributed by atoms with van der Waals surface area (Å²) in [6.45, 7) is 1.96. The number of phenolic OH excluding ortho intramolecular Hbond substituents is 1. The van der Waals surface area contributed by atoms with Crippen LogP contribution in [-0.2, 0) is 0 Å². The zero-order valence-electron chi connectivity index (χ0n) is 11.2. The molecule has 100 valence electrons. The van der Waals surface area contributed by atoms with Crippen LogP contribution in [0, 0.1) is 6.92 Å². The molecule has 0 aliphatic carbocycles. The minimum Gasteiger partial charge on any atom is -0.505 e. The zero-order chi connectivity index (χ0) is 14.1. The summed E-state index contributed by atoms with van der Waals surface area (Å²) in [5, 5.41) is 15.4. The lowest BCUT2D eigenvalue weighted by atomic mass is 10.1. The molecule has 0 radical (unpaired) electrons. The topological polar surface area (TPSA) is 58.3 Å². The molecule has 0 amide bonds. The van der Waals surface area contributed by atoms with Crippen molar-refractivity contribution in [3.63, 3.8) is 0 Å². The fourth-order valence-corrected chi connectivity index (χ4v) is 2.29. The molecule has 0 bridgehead atoms. The van der Waals surface area contributed by atoms with Gasteiger partial charge in [-0.15, -0.1) is 0 Å². The molecule has 0 fully saturated rings. The third-order valence-corrected chi connectivity index (χ3v) is 3.49. The van der Waals surface area contributed by atoms with Crippen molar-refractivity contribution in [2.75, 3.05) is 11.1 Å². The number of fused-ring (bicyclic) bond motifs is 1. The molecule has 3 aromatic carbocycles. The van der Waals surface area contributed by atoms with Crippen LogP contribution in [0.15, 0.2) is 54.6 Å². The molecule has 4 N–H and O–H groups in total. The molecule has 3 aromatic rings. The lowest BCUT2D eigenvalue weighted by molar-refractivity contribution is 0.484. The molecule has 3 nitrogen and oxygen atoms in total. The number of hydrogen-bond acceptors (Lipinski definition) is 3. The van der Waals surface area contributed by atoms with E-state index in [0.717, 1.165) is 22.0 Å². The van der Waals surface area contributed by atoms with Gasteiger partial charge >= 0.3 is 0 Å². The Morgan fingerprint density at radius 3 is 2.55 bits per heavy atom. The molecule has 20 heavy (non-hydrogen) atoms. The minimum atomic E-state index is 0.240. The predicted molar refractivity (Wildman–Crippen MR) is 84.5 cm³/mol. The van der Waals surface area contributed by atoms with E-state index < -0.39 is 0 Å². The van der Waals surface area contributed by atoms with Gasteiger partial charge in [0.2, 0.25) is 0 Å². The molecule has 0 spiro atoms. The van der Waals surface area contributed by atoms with Gasteiger partial charge in [0.1, 0.15) is 5.75 Å². The Balaban J connectivity index is 2.07. The first-order chi connectivity index (χ1) is 9.66. The van der Waals surface area contributed by atoms with E-state index in [9.17, 15) is 5.11 Å². The van der Waals surface area contributed by atoms with Crippen molar-refractivity contribution in [1.29, 1.82) is 0 Å². The highest BCUT2D eigenvalue weighted by molar-refractivity contribution is 5.94. The molecular formula is C17H16N2O. The van der Waals surface area contributed by atoms with Crippen LogP contribution in [0.25, 0.3) is 10.8 Å². The molecule has 0 aliphatic heterocycles. The first kappa shape index (κ1) is 12.4. The van der Waals surface area contributed by atoms with Gasteiger partial charge < -0.3 is 16.2 Å². The van der Waals surface area contributed by atoms with Gasteiger partial charge in [-0.3, -0.25) is 0 Å². The highest BCUT2D eigenvalue weighted by Crippen LogP contribution is 2.35. The maximum absolute atomic E-state index is 10.4. The van der Waals surface area contributed by atoms with Crippen molar-refractivity contribution in [2.45, 2.75) is 6.92 Å². The first-order valence-corrected chi connectivity index (χ1v) is 6.49. The summed E-state index contributed by atoms with van der Waals surface area (Å²) in [7, 11) is 0. The summed E-state index contributed by atoms with van der Waals surface area (Å²) >= 11 is 0. The van der Waals surface area contributed by atoms with E-state index >= 15 is 0 Å². The molecular weight excluding hydrogens is 248 g/mol. The van der Waals surface area contributed by atoms with Crippen molar-refractivity contribution in [1.82, 2.24) is 0 Å². The Bertz CT molecular complexity index is 781. The summed E-state index contributed by atoms with van der Waals surface area (Å²) in [5.74, 6) is 0.240. The van der Waals surface area contributed by atoms with Gasteiger partial charge in [0.15, 0.2) is 0 Å². The Kier molecular flexibility index (Phi) is 2.95. The van der Waals surface area contributed by atoms with Crippen LogP contribution in [0.5, 0.6) is 5.75 Å². The smallest absolute Gasteiger partial charge is 0.146 e. The number of benzene rings is 3. The lowest BCUT2D eigenvalue weighted by Crippen LogP contribution is -1.98. The average molecular weight is 264 g/mol. The molecule has 0 saturated heterocycles. The number of aromatic hydroxyl groups is 1. The van der Waals surface area contributed by atoms with Crippen LogP contribution >= 0.6 is 0 Å². The van der Waals surface area contributed by atoms with Crippen molar-refractivity contribution < 1.29 is 5.11 Å². The SMILES string of the molecule is Cc1cccc(Nc2ccc3ccccc3c2O)c1N. The van der Waals surface area contributed by atoms with Crippen LogP contribution in [0.4, 0.5) is 17.1 Å². The van der Waals surface area contributed by atoms with E-state index in [1.807, 2.05) is 61.5 Å². The third kappa shape index (κ3) is 2.03. The number of para-hydroxylation sites is 1. The maximum Gasteiger partial charge on any atom is 0.146 e. The van der Waals surface area contributed by atoms with Gasteiger partial charge in [-0.2, -0.15) is 0 Å². The molecule has 0 atom stereocenters. The number of rotatable bonds is 2. The second-order valence-corrected chi connectivity index (χ2v) is 4.84. The van der Waals surface area contributed by atoms with Gasteiger partial charge in [0.25, 0.3) is 0 Å². The fraction of sp³-hybridized carbons (Fsp3) is 0.0588. The molecule has 3 heteroatoms. The third-order valence-electron chi connectivity index (χ3n) is 3.49. The normalized spacial score (nSPS) is 10.7. The van der Waals surface area contributed by atoms with Crippen LogP contribution < -0.4 is 11.1 Å². The second-order valence-electron chi connectivity index (χ2n) is 4.84. The lowest BCUT2D eigenvalue weighted by Gasteiger charge is -2.13. The number of nitrogen functional groups attached to an aromatic ring is 1. The van der Waals surface area contributed by atoms with Gasteiger partial charge in [0.05, 0.1) is 17.1 Å². The Morgan fingerprint density at radius 2 is 1.70 bits per heavy atom. The highest BCUT2D eigenvalue weighted by Gasteiger charge is 2.08. The molecule has 0 heterocycles. The van der Waals surface area contributed by atoms with Crippen molar-refractivity contribution in [3.8, 4) is 5.75 Å². The van der Waals surface area contributed by atoms with Crippen LogP contribution in [0.2, 0.25) is 0 Å². The molecule has 0 aliphatic rings. The van der Waals surface area contributed by atoms with Gasteiger partial charge in [-0.25, -0.2) is 0 Å². The van der Waals surface area contributed by atoms with E-state index in [4.69, 9.17) is 5.73 Å². The zero-order valence-corrected chi connectivity index (χ0v) is 11.2. The molecule has 0 unspecified atom stereocenters. The minimum absolute atomic E-state index is 0.240. The Hall–Kier alpha value is -2.68. The number of hydrogen-bond donors (Lipinski definition) is 3. The largest absolute Gasteiger partial charge is 0.505 e. The second kappa shape index (κ2) is 4.78. The standard InChI is InChI=1S/C17H16N2O/c1-11-5-4-8-14(16(11)18)19-15-10-9-12-6-2-3-7-13(12)17(15)20/h2-10,19-20H,18H2,1H3. The summed E-state index contributed by atoms with van der Waals surface area (Å²) in [6.07, 6.45) is 0. The van der Waals surface area contributed by atoms with Crippen molar-refractivity contribution >= 4 is 27.8 Å². The highest BCUT2D eigenvalue weighted by atomic mass is 16.3. The summed E-state index contributed by atoms with van der Waals surface area (Å²) < 4.78 is 0. The first-order valence-electron chi connectivity index (χ1n) is 6.49. The van der Waals surface area contributed by atoms with Crippen molar-refractivity contribution in [2.24, 2.45) is 0 Å². The van der Waals surface area contributed by atoms with Crippen LogP contribution in [0.3, 0.4) is 0 Å². The van der Waals surface area contributed by atoms with Crippen molar-refractivity contribution in [3.05, 3.63) is 60.2 Å². The fourth-order valence-electron chi connectivity index (χ4n) is 2.29. The van der Waals surface area contributed by atoms with E-state index in [1.165, 1.54) is 0 Å². The summed E-state index contributed by atoms with van der Waals surface area (Å²) in [5.41, 5.74) is 9.21. The number of phenols is 1. The summed E-state index contributed by atoms with van der Waals surface area (Å²) in [6, 6.07) is 17.4. The van der Waals surface area contributed by atoms with E-state index in [-0.39, 0.29) is 5.75 Å². The molecule has 0 aromatic heterocycles. The number of nitrogens with one attached hydrogen (secondary N) is 1. The van der Waals surface area contributed by atoms with Gasteiger partial charge in [-0.05, 0) is 30.0 Å². The molecule has 3 rings (SSSR count). The Morgan fingerprint density at radius 1 is 0.900 bits per heavy atom. The van der Waals surface area contributed by atoms with E-state index in [2.05, 4.69) is 5.32 Å². The van der Waals surface area contributed by atoms with Gasteiger partial charge in [-0.1, -0.05) is 42.5 Å².